The van der Waals surface area contributed by atoms with Gasteiger partial charge in [0.25, 0.3) is 5.91 Å². The molecule has 104 valence electrons. The number of hydrogen-bond donors (Lipinski definition) is 5. The first-order valence-electron chi connectivity index (χ1n) is 5.64. The van der Waals surface area contributed by atoms with Gasteiger partial charge in [-0.15, -0.1) is 0 Å². The van der Waals surface area contributed by atoms with E-state index in [-0.39, 0.29) is 11.8 Å². The SMILES string of the molecule is N=C(N)NCCCC(N)C(=O)n1ccc(N)nc1=O. The molecule has 0 saturated heterocycles. The Morgan fingerprint density at radius 3 is 2.84 bits per heavy atom. The Morgan fingerprint density at radius 2 is 2.26 bits per heavy atom. The Kier molecular flexibility index (Phi) is 5.01. The maximum absolute atomic E-state index is 11.9. The molecule has 1 aromatic heterocycles. The second-order valence-corrected chi connectivity index (χ2v) is 3.93. The summed E-state index contributed by atoms with van der Waals surface area (Å²) in [5.74, 6) is -0.632. The van der Waals surface area contributed by atoms with Gasteiger partial charge in [0.15, 0.2) is 5.96 Å². The van der Waals surface area contributed by atoms with Crippen LogP contribution in [-0.2, 0) is 0 Å². The smallest absolute Gasteiger partial charge is 0.356 e. The van der Waals surface area contributed by atoms with E-state index in [1.54, 1.807) is 0 Å². The lowest BCUT2D eigenvalue weighted by Gasteiger charge is -2.11. The molecule has 0 aliphatic carbocycles. The first kappa shape index (κ1) is 14.6. The average molecular weight is 267 g/mol. The van der Waals surface area contributed by atoms with E-state index in [1.807, 2.05) is 0 Å². The van der Waals surface area contributed by atoms with E-state index < -0.39 is 17.6 Å². The third-order valence-electron chi connectivity index (χ3n) is 2.39. The minimum absolute atomic E-state index is 0.0493. The predicted octanol–water partition coefficient (Wildman–Crippen LogP) is -1.94. The molecule has 0 amide bonds. The van der Waals surface area contributed by atoms with Crippen molar-refractivity contribution in [2.75, 3.05) is 12.3 Å². The van der Waals surface area contributed by atoms with Gasteiger partial charge in [-0.25, -0.2) is 9.36 Å². The summed E-state index contributed by atoms with van der Waals surface area (Å²) in [6.45, 7) is 0.436. The van der Waals surface area contributed by atoms with Crippen molar-refractivity contribution >= 4 is 17.7 Å². The van der Waals surface area contributed by atoms with Gasteiger partial charge in [0.2, 0.25) is 0 Å². The van der Waals surface area contributed by atoms with Crippen LogP contribution in [0.3, 0.4) is 0 Å². The van der Waals surface area contributed by atoms with Crippen LogP contribution in [0.1, 0.15) is 17.6 Å². The van der Waals surface area contributed by atoms with Crippen LogP contribution in [0.15, 0.2) is 17.1 Å². The van der Waals surface area contributed by atoms with E-state index in [0.717, 1.165) is 4.57 Å². The summed E-state index contributed by atoms with van der Waals surface area (Å²) < 4.78 is 0.833. The number of rotatable bonds is 5. The third-order valence-corrected chi connectivity index (χ3v) is 2.39. The summed E-state index contributed by atoms with van der Waals surface area (Å²) in [6, 6.07) is 0.528. The first-order valence-corrected chi connectivity index (χ1v) is 5.64. The Hall–Kier alpha value is -2.42. The zero-order valence-electron chi connectivity index (χ0n) is 10.3. The van der Waals surface area contributed by atoms with Crippen LogP contribution in [0.2, 0.25) is 0 Å². The van der Waals surface area contributed by atoms with Crippen molar-refractivity contribution in [3.05, 3.63) is 22.7 Å². The molecule has 0 radical (unpaired) electrons. The summed E-state index contributed by atoms with van der Waals surface area (Å²) in [5, 5.41) is 9.55. The van der Waals surface area contributed by atoms with Crippen molar-refractivity contribution in [3.8, 4) is 0 Å². The van der Waals surface area contributed by atoms with Gasteiger partial charge < -0.3 is 22.5 Å². The van der Waals surface area contributed by atoms with E-state index in [0.29, 0.717) is 19.4 Å². The monoisotopic (exact) mass is 267 g/mol. The summed E-state index contributed by atoms with van der Waals surface area (Å²) >= 11 is 0. The molecule has 0 fully saturated rings. The number of hydrogen-bond acceptors (Lipinski definition) is 6. The maximum atomic E-state index is 11.9. The first-order chi connectivity index (χ1) is 8.91. The Bertz CT molecular complexity index is 525. The van der Waals surface area contributed by atoms with Crippen molar-refractivity contribution in [2.45, 2.75) is 18.9 Å². The molecule has 1 unspecified atom stereocenters. The summed E-state index contributed by atoms with van der Waals surface area (Å²) in [4.78, 5) is 26.8. The molecule has 0 aliphatic heterocycles. The van der Waals surface area contributed by atoms with Gasteiger partial charge in [-0.05, 0) is 18.9 Å². The highest BCUT2D eigenvalue weighted by atomic mass is 16.2. The predicted molar refractivity (Wildman–Crippen MR) is 70.7 cm³/mol. The Labute approximate surface area is 109 Å². The fourth-order valence-electron chi connectivity index (χ4n) is 1.43. The van der Waals surface area contributed by atoms with Gasteiger partial charge in [-0.1, -0.05) is 0 Å². The van der Waals surface area contributed by atoms with Crippen LogP contribution in [0.5, 0.6) is 0 Å². The number of nitrogens with zero attached hydrogens (tertiary/aromatic N) is 2. The molecule has 1 aromatic rings. The molecular weight excluding hydrogens is 250 g/mol. The zero-order valence-corrected chi connectivity index (χ0v) is 10.3. The minimum Gasteiger partial charge on any atom is -0.383 e. The molecule has 0 bridgehead atoms. The van der Waals surface area contributed by atoms with E-state index >= 15 is 0 Å². The van der Waals surface area contributed by atoms with Crippen molar-refractivity contribution in [3.63, 3.8) is 0 Å². The van der Waals surface area contributed by atoms with Gasteiger partial charge >= 0.3 is 5.69 Å². The third kappa shape index (κ3) is 4.39. The molecule has 1 heterocycles. The normalized spacial score (nSPS) is 11.8. The molecule has 0 aliphatic rings. The van der Waals surface area contributed by atoms with E-state index in [4.69, 9.17) is 22.6 Å². The number of anilines is 1. The van der Waals surface area contributed by atoms with Crippen molar-refractivity contribution in [2.24, 2.45) is 11.5 Å². The largest absolute Gasteiger partial charge is 0.383 e. The number of nitrogen functional groups attached to an aromatic ring is 1. The van der Waals surface area contributed by atoms with Gasteiger partial charge in [-0.3, -0.25) is 10.2 Å². The second kappa shape index (κ2) is 6.50. The molecule has 8 N–H and O–H groups in total. The second-order valence-electron chi connectivity index (χ2n) is 3.93. The summed E-state index contributed by atoms with van der Waals surface area (Å²) in [5.41, 5.74) is 15.4. The van der Waals surface area contributed by atoms with Crippen molar-refractivity contribution < 1.29 is 4.79 Å². The molecule has 1 atom stereocenters. The highest BCUT2D eigenvalue weighted by Gasteiger charge is 2.16. The summed E-state index contributed by atoms with van der Waals surface area (Å²) in [7, 11) is 0. The molecular formula is C10H17N7O2. The number of carbonyl (C=O) groups excluding carboxylic acids is 1. The highest BCUT2D eigenvalue weighted by Crippen LogP contribution is 1.98. The minimum atomic E-state index is -0.822. The molecule has 19 heavy (non-hydrogen) atoms. The van der Waals surface area contributed by atoms with Crippen LogP contribution in [0.4, 0.5) is 5.82 Å². The molecule has 0 spiro atoms. The van der Waals surface area contributed by atoms with Crippen LogP contribution in [-0.4, -0.2) is 34.0 Å². The lowest BCUT2D eigenvalue weighted by molar-refractivity contribution is 0.0868. The van der Waals surface area contributed by atoms with Gasteiger partial charge in [0, 0.05) is 12.7 Å². The lowest BCUT2D eigenvalue weighted by Crippen LogP contribution is -2.41. The van der Waals surface area contributed by atoms with Gasteiger partial charge in [0.1, 0.15) is 5.82 Å². The van der Waals surface area contributed by atoms with E-state index in [1.165, 1.54) is 12.3 Å². The molecule has 0 aromatic carbocycles. The fourth-order valence-corrected chi connectivity index (χ4v) is 1.43. The average Bonchev–Trinajstić information content (AvgIpc) is 2.33. The van der Waals surface area contributed by atoms with Crippen LogP contribution < -0.4 is 28.2 Å². The van der Waals surface area contributed by atoms with Crippen molar-refractivity contribution in [1.82, 2.24) is 14.9 Å². The number of nitrogens with one attached hydrogen (secondary N) is 2. The van der Waals surface area contributed by atoms with Crippen LogP contribution in [0.25, 0.3) is 0 Å². The fraction of sp³-hybridized carbons (Fsp3) is 0.400. The molecule has 9 nitrogen and oxygen atoms in total. The quantitative estimate of drug-likeness (QED) is 0.235. The van der Waals surface area contributed by atoms with E-state index in [9.17, 15) is 9.59 Å². The maximum Gasteiger partial charge on any atom is 0.356 e. The topological polar surface area (TPSA) is 166 Å². The number of guanidine groups is 1. The van der Waals surface area contributed by atoms with Gasteiger partial charge in [-0.2, -0.15) is 4.98 Å². The van der Waals surface area contributed by atoms with Crippen molar-refractivity contribution in [1.29, 1.82) is 5.41 Å². The summed E-state index contributed by atoms with van der Waals surface area (Å²) in [6.07, 6.45) is 2.15. The standard InChI is InChI=1S/C10H17N7O2/c11-6(2-1-4-15-9(13)14)8(18)17-5-3-7(12)16-10(17)19/h3,5-6H,1-2,4,11H2,(H2,12,16,19)(H4,13,14,15). The highest BCUT2D eigenvalue weighted by molar-refractivity contribution is 5.83. The molecule has 9 heteroatoms. The Balaban J connectivity index is 2.57. The zero-order chi connectivity index (χ0) is 14.4. The molecule has 0 saturated carbocycles. The van der Waals surface area contributed by atoms with Crippen LogP contribution >= 0.6 is 0 Å². The molecule has 1 rings (SSSR count). The lowest BCUT2D eigenvalue weighted by atomic mass is 10.1. The van der Waals surface area contributed by atoms with Gasteiger partial charge in [0.05, 0.1) is 6.04 Å². The van der Waals surface area contributed by atoms with Crippen LogP contribution in [0, 0.1) is 5.41 Å². The number of nitrogens with two attached hydrogens (primary N) is 3. The number of aromatic nitrogens is 2. The van der Waals surface area contributed by atoms with E-state index in [2.05, 4.69) is 10.3 Å². The Morgan fingerprint density at radius 1 is 1.58 bits per heavy atom. The number of carbonyl (C=O) groups is 1.